The molecule has 3 fully saturated rings. The van der Waals surface area contributed by atoms with Crippen molar-refractivity contribution in [1.29, 1.82) is 0 Å². The number of ketones is 1. The first-order chi connectivity index (χ1) is 22.3. The molecule has 1 heterocycles. The third kappa shape index (κ3) is 10.7. The van der Waals surface area contributed by atoms with Gasteiger partial charge in [-0.05, 0) is 94.7 Å². The number of benzene rings is 3. The van der Waals surface area contributed by atoms with Crippen molar-refractivity contribution in [2.45, 2.75) is 92.1 Å². The van der Waals surface area contributed by atoms with Crippen LogP contribution in [0.25, 0.3) is 0 Å². The van der Waals surface area contributed by atoms with Gasteiger partial charge >= 0.3 is 6.09 Å². The van der Waals surface area contributed by atoms with Crippen LogP contribution < -0.4 is 0 Å². The lowest BCUT2D eigenvalue weighted by Gasteiger charge is -2.32. The van der Waals surface area contributed by atoms with E-state index in [1.165, 1.54) is 14.7 Å². The highest BCUT2D eigenvalue weighted by Gasteiger charge is 2.52. The number of likely N-dealkylation sites (tertiary alicyclic amines) is 1. The molecule has 10 heteroatoms. The maximum absolute atomic E-state index is 11.7. The number of nitrogens with zero attached hydrogens (tertiary/aromatic N) is 1. The number of carbonyl (C=O) groups is 2. The molecule has 0 radical (unpaired) electrons. The molecule has 3 aromatic carbocycles. The van der Waals surface area contributed by atoms with Crippen LogP contribution >= 0.6 is 0 Å². The van der Waals surface area contributed by atoms with Crippen LogP contribution in [0.1, 0.15) is 65.7 Å². The maximum Gasteiger partial charge on any atom is 0.410 e. The minimum Gasteiger partial charge on any atom is -0.748 e. The van der Waals surface area contributed by atoms with E-state index in [0.717, 1.165) is 12.8 Å². The summed E-state index contributed by atoms with van der Waals surface area (Å²) in [5.41, 5.74) is -1.18. The Morgan fingerprint density at radius 2 is 1.38 bits per heavy atom. The number of hydrogen-bond acceptors (Lipinski definition) is 7. The lowest BCUT2D eigenvalue weighted by molar-refractivity contribution is -0.126. The van der Waals surface area contributed by atoms with Gasteiger partial charge in [0.05, 0.1) is 32.9 Å². The Kier molecular flexibility index (Phi) is 12.7. The third-order valence-corrected chi connectivity index (χ3v) is 12.2. The van der Waals surface area contributed by atoms with Gasteiger partial charge in [0, 0.05) is 24.9 Å². The minimum absolute atomic E-state index is 0.0109. The lowest BCUT2D eigenvalue weighted by atomic mass is 9.85. The highest BCUT2D eigenvalue weighted by atomic mass is 32.2. The molecule has 3 aromatic rings. The number of carbonyl (C=O) groups excluding carboxylic acids is 2. The van der Waals surface area contributed by atoms with Crippen molar-refractivity contribution in [3.05, 3.63) is 91.0 Å². The molecular weight excluding hydrogens is 635 g/mol. The summed E-state index contributed by atoms with van der Waals surface area (Å²) in [5.74, 6) is -0.146. The molecule has 254 valence electrons. The molecule has 0 spiro atoms. The molecule has 47 heavy (non-hydrogen) atoms. The largest absolute Gasteiger partial charge is 0.748 e. The van der Waals surface area contributed by atoms with Crippen molar-refractivity contribution in [1.82, 2.24) is 4.90 Å². The number of ether oxygens (including phenoxy) is 1. The Bertz CT molecular complexity index is 1450. The summed E-state index contributed by atoms with van der Waals surface area (Å²) in [6.45, 7) is 7.00. The van der Waals surface area contributed by atoms with E-state index in [2.05, 4.69) is 91.0 Å². The van der Waals surface area contributed by atoms with Crippen LogP contribution in [0.3, 0.4) is 0 Å². The molecule has 2 atom stereocenters. The zero-order valence-electron chi connectivity index (χ0n) is 27.5. The summed E-state index contributed by atoms with van der Waals surface area (Å²) >= 11 is 0. The molecule has 1 amide bonds. The van der Waals surface area contributed by atoms with Gasteiger partial charge < -0.3 is 19.3 Å². The number of hydrogen-bond donors (Lipinski definition) is 1. The normalized spacial score (nSPS) is 21.0. The molecule has 2 saturated carbocycles. The van der Waals surface area contributed by atoms with E-state index in [1.54, 1.807) is 4.90 Å². The second-order valence-corrected chi connectivity index (χ2v) is 16.6. The van der Waals surface area contributed by atoms with Gasteiger partial charge in [-0.2, -0.15) is 0 Å². The Hall–Kier alpha value is -3.18. The highest BCUT2D eigenvalue weighted by molar-refractivity contribution is 7.97. The van der Waals surface area contributed by atoms with E-state index >= 15 is 0 Å². The fraction of sp³-hybridized carbons (Fsp3) is 0.459. The number of rotatable bonds is 7. The van der Waals surface area contributed by atoms with E-state index in [9.17, 15) is 27.7 Å². The molecule has 8 nitrogen and oxygen atoms in total. The van der Waals surface area contributed by atoms with Crippen molar-refractivity contribution < 1.29 is 32.4 Å². The van der Waals surface area contributed by atoms with Gasteiger partial charge in [-0.1, -0.05) is 61.5 Å². The van der Waals surface area contributed by atoms with Crippen LogP contribution in [0.15, 0.2) is 106 Å². The summed E-state index contributed by atoms with van der Waals surface area (Å²) in [6.07, 6.45) is 4.20. The van der Waals surface area contributed by atoms with Crippen molar-refractivity contribution in [2.24, 2.45) is 11.3 Å². The number of aliphatic hydroxyl groups is 1. The monoisotopic (exact) mass is 681 g/mol. The van der Waals surface area contributed by atoms with E-state index in [-0.39, 0.29) is 28.9 Å². The Morgan fingerprint density at radius 1 is 0.915 bits per heavy atom. The zero-order valence-corrected chi connectivity index (χ0v) is 29.2. The quantitative estimate of drug-likeness (QED) is 0.214. The van der Waals surface area contributed by atoms with Crippen molar-refractivity contribution in [3.8, 4) is 0 Å². The van der Waals surface area contributed by atoms with E-state index < -0.39 is 26.9 Å². The van der Waals surface area contributed by atoms with E-state index in [0.29, 0.717) is 51.1 Å². The average molecular weight is 682 g/mol. The third-order valence-electron chi connectivity index (χ3n) is 9.10. The van der Waals surface area contributed by atoms with Crippen LogP contribution in [0.2, 0.25) is 0 Å². The average Bonchev–Trinajstić information content (AvgIpc) is 3.59. The molecule has 6 rings (SSSR count). The Morgan fingerprint density at radius 3 is 1.74 bits per heavy atom. The van der Waals surface area contributed by atoms with Crippen LogP contribution in [-0.2, 0) is 30.5 Å². The van der Waals surface area contributed by atoms with Gasteiger partial charge in [0.25, 0.3) is 0 Å². The summed E-state index contributed by atoms with van der Waals surface area (Å²) in [4.78, 5) is 28.9. The molecule has 2 bridgehead atoms. The van der Waals surface area contributed by atoms with Crippen molar-refractivity contribution >= 4 is 32.9 Å². The van der Waals surface area contributed by atoms with Crippen LogP contribution in [-0.4, -0.2) is 65.4 Å². The summed E-state index contributed by atoms with van der Waals surface area (Å²) < 4.78 is 37.2. The second kappa shape index (κ2) is 16.3. The molecule has 2 unspecified atom stereocenters. The maximum atomic E-state index is 11.7. The first-order valence-corrected chi connectivity index (χ1v) is 19.1. The van der Waals surface area contributed by atoms with Gasteiger partial charge in [0.2, 0.25) is 0 Å². The number of piperidine rings is 1. The van der Waals surface area contributed by atoms with E-state index in [1.807, 2.05) is 20.8 Å². The van der Waals surface area contributed by atoms with Gasteiger partial charge in [-0.3, -0.25) is 4.79 Å². The predicted octanol–water partition coefficient (Wildman–Crippen LogP) is 6.84. The lowest BCUT2D eigenvalue weighted by Crippen LogP contribution is -2.43. The zero-order chi connectivity index (χ0) is 34.1. The van der Waals surface area contributed by atoms with Gasteiger partial charge in [0.15, 0.2) is 14.7 Å². The Balaban J connectivity index is 0.000000163. The first-order valence-electron chi connectivity index (χ1n) is 16.3. The smallest absolute Gasteiger partial charge is 0.410 e. The van der Waals surface area contributed by atoms with Gasteiger partial charge in [-0.15, -0.1) is 0 Å². The predicted molar refractivity (Wildman–Crippen MR) is 183 cm³/mol. The highest BCUT2D eigenvalue weighted by Crippen LogP contribution is 2.52. The standard InChI is InChI=1S/C18H15S.C11H21NO3.C8H12O4S/c1-4-10-16(11-5-1)19(17-12-6-2-7-13-17)18-14-8-3-9-15-18;1-4-11(2,3)15-10(14)12-7-5-9(13)6-8-12;9-7-3-6-1-2-8(7,4-6)5-13(10,11)12/h1-15H;9,13H,4-8H2,1-3H3;6H,1-5H2,(H,10,11,12)/q+1;;/p-1. The molecule has 0 aromatic heterocycles. The van der Waals surface area contributed by atoms with Gasteiger partial charge in [-0.25, -0.2) is 13.2 Å². The number of Topliss-reactive ketones (excluding diaryl/α,β-unsaturated/α-hetero) is 1. The number of fused-ring (bicyclic) bond motifs is 2. The Labute approximate surface area is 282 Å². The molecule has 1 N–H and O–H groups in total. The minimum atomic E-state index is -4.26. The van der Waals surface area contributed by atoms with Crippen molar-refractivity contribution in [3.63, 3.8) is 0 Å². The fourth-order valence-corrected chi connectivity index (χ4v) is 9.40. The van der Waals surface area contributed by atoms with Crippen LogP contribution in [0.4, 0.5) is 4.79 Å². The fourth-order valence-electron chi connectivity index (χ4n) is 6.19. The second-order valence-electron chi connectivity index (χ2n) is 13.2. The topological polar surface area (TPSA) is 124 Å². The first kappa shape index (κ1) is 36.7. The number of amides is 1. The van der Waals surface area contributed by atoms with Crippen LogP contribution in [0, 0.1) is 11.3 Å². The molecular formula is C37H47NO7S2. The molecule has 2 aliphatic carbocycles. The van der Waals surface area contributed by atoms with Crippen LogP contribution in [0.5, 0.6) is 0 Å². The summed E-state index contributed by atoms with van der Waals surface area (Å²) in [7, 11) is -4.27. The molecule has 3 aliphatic rings. The summed E-state index contributed by atoms with van der Waals surface area (Å²) in [5, 5.41) is 9.31. The van der Waals surface area contributed by atoms with Crippen molar-refractivity contribution in [2.75, 3.05) is 18.8 Å². The summed E-state index contributed by atoms with van der Waals surface area (Å²) in [6, 6.07) is 32.2. The number of aliphatic hydroxyl groups excluding tert-OH is 1. The SMILES string of the molecule is CCC(C)(C)OC(=O)N1CCC(O)CC1.O=C1CC2CCC1(CS(=O)(=O)[O-])C2.c1ccc([S+](c2ccccc2)c2ccccc2)cc1. The van der Waals surface area contributed by atoms with Gasteiger partial charge in [0.1, 0.15) is 11.4 Å². The molecule has 1 aliphatic heterocycles. The molecule has 1 saturated heterocycles. The van der Waals surface area contributed by atoms with E-state index in [4.69, 9.17) is 4.74 Å².